The van der Waals surface area contributed by atoms with Crippen LogP contribution < -0.4 is 0 Å². The van der Waals surface area contributed by atoms with E-state index in [0.29, 0.717) is 12.4 Å². The third-order valence-electron chi connectivity index (χ3n) is 4.63. The Labute approximate surface area is 142 Å². The number of β-amino-alcohol motifs (C(OH)–C–C–N with tert-alkyl or cyclic N) is 1. The lowest BCUT2D eigenvalue weighted by molar-refractivity contribution is 0.0184. The Balaban J connectivity index is 1.68. The predicted octanol–water partition coefficient (Wildman–Crippen LogP) is 0.985. The van der Waals surface area contributed by atoms with Crippen molar-refractivity contribution >= 4 is 10.0 Å². The molecule has 3 heterocycles. The largest absolute Gasteiger partial charge is 0.379 e. The van der Waals surface area contributed by atoms with E-state index in [1.807, 2.05) is 13.8 Å². The Morgan fingerprint density at radius 3 is 2.83 bits per heavy atom. The smallest absolute Gasteiger partial charge is 0.260 e. The molecule has 8 nitrogen and oxygen atoms in total. The van der Waals surface area contributed by atoms with Gasteiger partial charge in [0.1, 0.15) is 0 Å². The molecule has 3 rings (SSSR count). The monoisotopic (exact) mass is 359 g/mol. The molecule has 2 atom stereocenters. The summed E-state index contributed by atoms with van der Waals surface area (Å²) in [7, 11) is -3.49. The molecule has 24 heavy (non-hydrogen) atoms. The van der Waals surface area contributed by atoms with Gasteiger partial charge in [-0.2, -0.15) is 9.29 Å². The van der Waals surface area contributed by atoms with Gasteiger partial charge in [0.05, 0.1) is 18.4 Å². The molecule has 0 spiro atoms. The fourth-order valence-electron chi connectivity index (χ4n) is 3.11. The minimum absolute atomic E-state index is 0.0375. The van der Waals surface area contributed by atoms with Crippen molar-refractivity contribution < 1.29 is 22.8 Å². The first kappa shape index (κ1) is 17.8. The van der Waals surface area contributed by atoms with Crippen molar-refractivity contribution in [2.45, 2.75) is 57.2 Å². The highest BCUT2D eigenvalue weighted by Gasteiger charge is 2.46. The minimum atomic E-state index is -3.49. The van der Waals surface area contributed by atoms with Crippen molar-refractivity contribution in [2.75, 3.05) is 25.4 Å². The molecule has 2 fully saturated rings. The van der Waals surface area contributed by atoms with Gasteiger partial charge in [0, 0.05) is 25.5 Å². The number of ether oxygens (including phenoxy) is 1. The SMILES string of the molecule is CC(C)c1noc([C@]2(O)CCN(S(=O)(=O)C[C@@H]3CCCCO3)C2)n1. The van der Waals surface area contributed by atoms with Crippen LogP contribution in [0, 0.1) is 0 Å². The van der Waals surface area contributed by atoms with Gasteiger partial charge in [-0.25, -0.2) is 8.42 Å². The van der Waals surface area contributed by atoms with E-state index in [-0.39, 0.29) is 43.2 Å². The topological polar surface area (TPSA) is 106 Å². The second kappa shape index (κ2) is 6.70. The second-order valence-electron chi connectivity index (χ2n) is 6.99. The van der Waals surface area contributed by atoms with Crippen LogP contribution in [-0.4, -0.2) is 59.5 Å². The molecule has 0 saturated carbocycles. The first-order valence-corrected chi connectivity index (χ1v) is 10.1. The highest BCUT2D eigenvalue weighted by molar-refractivity contribution is 7.89. The van der Waals surface area contributed by atoms with Crippen LogP contribution in [0.25, 0.3) is 0 Å². The summed E-state index contributed by atoms with van der Waals surface area (Å²) in [6, 6.07) is 0. The molecule has 0 radical (unpaired) electrons. The molecule has 1 aromatic rings. The van der Waals surface area contributed by atoms with Crippen molar-refractivity contribution in [1.82, 2.24) is 14.4 Å². The van der Waals surface area contributed by atoms with Crippen LogP contribution in [0.15, 0.2) is 4.52 Å². The molecule has 1 N–H and O–H groups in total. The number of hydrogen-bond acceptors (Lipinski definition) is 7. The van der Waals surface area contributed by atoms with E-state index in [0.717, 1.165) is 19.3 Å². The Hall–Kier alpha value is -1.03. The fourth-order valence-corrected chi connectivity index (χ4v) is 4.83. The molecule has 0 bridgehead atoms. The molecule has 2 saturated heterocycles. The maximum atomic E-state index is 12.6. The van der Waals surface area contributed by atoms with Gasteiger partial charge < -0.3 is 14.4 Å². The van der Waals surface area contributed by atoms with Gasteiger partial charge in [-0.3, -0.25) is 0 Å². The lowest BCUT2D eigenvalue weighted by Gasteiger charge is -2.25. The first-order chi connectivity index (χ1) is 11.3. The summed E-state index contributed by atoms with van der Waals surface area (Å²) in [6.45, 7) is 4.65. The van der Waals surface area contributed by atoms with Gasteiger partial charge in [-0.1, -0.05) is 19.0 Å². The Morgan fingerprint density at radius 1 is 1.42 bits per heavy atom. The number of rotatable bonds is 5. The van der Waals surface area contributed by atoms with Crippen molar-refractivity contribution in [3.05, 3.63) is 11.7 Å². The number of aromatic nitrogens is 2. The predicted molar refractivity (Wildman–Crippen MR) is 85.9 cm³/mol. The zero-order valence-electron chi connectivity index (χ0n) is 14.1. The molecule has 1 aromatic heterocycles. The standard InChI is InChI=1S/C15H25N3O5S/c1-11(2)13-16-14(23-17-13)15(19)6-7-18(10-15)24(20,21)9-12-5-3-4-8-22-12/h11-12,19H,3-10H2,1-2H3/t12-,15-/m0/s1. The highest BCUT2D eigenvalue weighted by Crippen LogP contribution is 2.33. The van der Waals surface area contributed by atoms with E-state index in [4.69, 9.17) is 9.26 Å². The summed E-state index contributed by atoms with van der Waals surface area (Å²) in [4.78, 5) is 4.22. The van der Waals surface area contributed by atoms with Gasteiger partial charge in [-0.15, -0.1) is 0 Å². The van der Waals surface area contributed by atoms with Crippen LogP contribution in [-0.2, 0) is 20.4 Å². The lowest BCUT2D eigenvalue weighted by Crippen LogP contribution is -2.39. The number of hydrogen-bond donors (Lipinski definition) is 1. The summed E-state index contributed by atoms with van der Waals surface area (Å²) in [5.41, 5.74) is -1.42. The maximum absolute atomic E-state index is 12.6. The lowest BCUT2D eigenvalue weighted by atomic mass is 10.0. The summed E-state index contributed by atoms with van der Waals surface area (Å²) in [6.07, 6.45) is 2.73. The van der Waals surface area contributed by atoms with Crippen molar-refractivity contribution in [2.24, 2.45) is 0 Å². The normalized spacial score (nSPS) is 29.4. The average molecular weight is 359 g/mol. The Kier molecular flexibility index (Phi) is 4.96. The van der Waals surface area contributed by atoms with Crippen LogP contribution in [0.2, 0.25) is 0 Å². The number of aliphatic hydroxyl groups is 1. The van der Waals surface area contributed by atoms with Crippen molar-refractivity contribution in [3.63, 3.8) is 0 Å². The van der Waals surface area contributed by atoms with Crippen LogP contribution >= 0.6 is 0 Å². The summed E-state index contributed by atoms with van der Waals surface area (Å²) < 4.78 is 37.2. The summed E-state index contributed by atoms with van der Waals surface area (Å²) >= 11 is 0. The maximum Gasteiger partial charge on any atom is 0.260 e. The molecule has 0 amide bonds. The molecule has 136 valence electrons. The minimum Gasteiger partial charge on any atom is -0.379 e. The zero-order valence-corrected chi connectivity index (χ0v) is 15.0. The quantitative estimate of drug-likeness (QED) is 0.835. The Bertz CT molecular complexity index is 668. The first-order valence-electron chi connectivity index (χ1n) is 8.46. The van der Waals surface area contributed by atoms with Gasteiger partial charge in [0.15, 0.2) is 11.4 Å². The Morgan fingerprint density at radius 2 is 2.21 bits per heavy atom. The number of sulfonamides is 1. The molecular weight excluding hydrogens is 334 g/mol. The fraction of sp³-hybridized carbons (Fsp3) is 0.867. The van der Waals surface area contributed by atoms with Crippen LogP contribution in [0.3, 0.4) is 0 Å². The van der Waals surface area contributed by atoms with Gasteiger partial charge in [0.25, 0.3) is 5.89 Å². The van der Waals surface area contributed by atoms with E-state index < -0.39 is 15.6 Å². The molecular formula is C15H25N3O5S. The van der Waals surface area contributed by atoms with Crippen molar-refractivity contribution in [1.29, 1.82) is 0 Å². The van der Waals surface area contributed by atoms with E-state index in [9.17, 15) is 13.5 Å². The molecule has 9 heteroatoms. The van der Waals surface area contributed by atoms with Gasteiger partial charge in [-0.05, 0) is 19.3 Å². The van der Waals surface area contributed by atoms with Gasteiger partial charge in [0.2, 0.25) is 10.0 Å². The molecule has 0 aromatic carbocycles. The van der Waals surface area contributed by atoms with E-state index in [2.05, 4.69) is 10.1 Å². The van der Waals surface area contributed by atoms with E-state index in [1.54, 1.807) is 0 Å². The van der Waals surface area contributed by atoms with Crippen LogP contribution in [0.5, 0.6) is 0 Å². The average Bonchev–Trinajstić information content (AvgIpc) is 3.16. The van der Waals surface area contributed by atoms with Crippen molar-refractivity contribution in [3.8, 4) is 0 Å². The second-order valence-corrected chi connectivity index (χ2v) is 9.01. The highest BCUT2D eigenvalue weighted by atomic mass is 32.2. The summed E-state index contributed by atoms with van der Waals surface area (Å²) in [5, 5.41) is 14.6. The number of nitrogens with zero attached hydrogens (tertiary/aromatic N) is 3. The molecule has 2 aliphatic heterocycles. The summed E-state index contributed by atoms with van der Waals surface area (Å²) in [5.74, 6) is 0.647. The van der Waals surface area contributed by atoms with Crippen LogP contribution in [0.4, 0.5) is 0 Å². The van der Waals surface area contributed by atoms with E-state index >= 15 is 0 Å². The zero-order chi connectivity index (χ0) is 17.4. The third-order valence-corrected chi connectivity index (χ3v) is 6.52. The van der Waals surface area contributed by atoms with Crippen LogP contribution in [0.1, 0.15) is 57.2 Å². The molecule has 2 aliphatic rings. The molecule has 0 aliphatic carbocycles. The molecule has 0 unspecified atom stereocenters. The van der Waals surface area contributed by atoms with Gasteiger partial charge >= 0.3 is 0 Å². The third kappa shape index (κ3) is 3.63. The van der Waals surface area contributed by atoms with E-state index in [1.165, 1.54) is 4.31 Å².